The van der Waals surface area contributed by atoms with Crippen LogP contribution < -0.4 is 5.32 Å². The van der Waals surface area contributed by atoms with Gasteiger partial charge >= 0.3 is 0 Å². The number of rotatable bonds is 5. The molecule has 0 aliphatic carbocycles. The first-order valence-electron chi connectivity index (χ1n) is 4.49. The number of sulfone groups is 1. The highest BCUT2D eigenvalue weighted by molar-refractivity contribution is 7.90. The van der Waals surface area contributed by atoms with Crippen molar-refractivity contribution in [3.8, 4) is 6.19 Å². The minimum Gasteiger partial charge on any atom is -0.340 e. The second-order valence-electron chi connectivity index (χ2n) is 3.35. The monoisotopic (exact) mass is 259 g/mol. The molecule has 2 amide bonds. The summed E-state index contributed by atoms with van der Waals surface area (Å²) >= 11 is 0. The summed E-state index contributed by atoms with van der Waals surface area (Å²) in [4.78, 5) is 23.3. The van der Waals surface area contributed by atoms with Crippen molar-refractivity contribution in [1.29, 1.82) is 5.26 Å². The molecular weight excluding hydrogens is 246 g/mol. The standard InChI is InChI=1S/C9H13N3O4S/c1-4-8(13)11-7(5-17(3,15)16)9(14)12(2)6-10/h4,7H,1,5H2,2-3H3,(H,11,13). The predicted octanol–water partition coefficient (Wildman–Crippen LogP) is -1.36. The molecule has 94 valence electrons. The van der Waals surface area contributed by atoms with E-state index in [1.54, 1.807) is 0 Å². The molecule has 0 saturated heterocycles. The zero-order valence-electron chi connectivity index (χ0n) is 9.50. The van der Waals surface area contributed by atoms with E-state index in [-0.39, 0.29) is 0 Å². The van der Waals surface area contributed by atoms with Gasteiger partial charge in [0, 0.05) is 13.3 Å². The van der Waals surface area contributed by atoms with Crippen LogP contribution in [0.25, 0.3) is 0 Å². The highest BCUT2D eigenvalue weighted by atomic mass is 32.2. The molecule has 0 aromatic heterocycles. The molecule has 8 heteroatoms. The number of hydrogen-bond acceptors (Lipinski definition) is 5. The molecule has 1 unspecified atom stereocenters. The molecule has 17 heavy (non-hydrogen) atoms. The van der Waals surface area contributed by atoms with Crippen molar-refractivity contribution in [1.82, 2.24) is 10.2 Å². The van der Waals surface area contributed by atoms with Crippen LogP contribution in [0.15, 0.2) is 12.7 Å². The van der Waals surface area contributed by atoms with Gasteiger partial charge in [-0.25, -0.2) is 8.42 Å². The van der Waals surface area contributed by atoms with Crippen LogP contribution in [-0.4, -0.2) is 50.2 Å². The van der Waals surface area contributed by atoms with Crippen molar-refractivity contribution in [2.24, 2.45) is 0 Å². The van der Waals surface area contributed by atoms with Crippen molar-refractivity contribution in [3.05, 3.63) is 12.7 Å². The van der Waals surface area contributed by atoms with Gasteiger partial charge in [-0.15, -0.1) is 0 Å². The zero-order chi connectivity index (χ0) is 13.6. The number of hydrogen-bond donors (Lipinski definition) is 1. The van der Waals surface area contributed by atoms with Gasteiger partial charge in [-0.05, 0) is 6.08 Å². The van der Waals surface area contributed by atoms with Gasteiger partial charge in [0.15, 0.2) is 6.19 Å². The molecule has 0 heterocycles. The summed E-state index contributed by atoms with van der Waals surface area (Å²) in [6.07, 6.45) is 3.38. The minimum absolute atomic E-state index is 0.572. The summed E-state index contributed by atoms with van der Waals surface area (Å²) in [7, 11) is -2.29. The molecule has 0 aromatic carbocycles. The third-order valence-electron chi connectivity index (χ3n) is 1.75. The van der Waals surface area contributed by atoms with E-state index < -0.39 is 33.4 Å². The van der Waals surface area contributed by atoms with Gasteiger partial charge in [0.05, 0.1) is 5.75 Å². The Morgan fingerprint density at radius 2 is 2.12 bits per heavy atom. The fraction of sp³-hybridized carbons (Fsp3) is 0.444. The molecule has 1 atom stereocenters. The van der Waals surface area contributed by atoms with Gasteiger partial charge in [-0.3, -0.25) is 14.5 Å². The lowest BCUT2D eigenvalue weighted by atomic mass is 10.3. The molecule has 1 N–H and O–H groups in total. The number of nitrogens with one attached hydrogen (secondary N) is 1. The molecule has 0 aromatic rings. The molecule has 0 radical (unpaired) electrons. The lowest BCUT2D eigenvalue weighted by molar-refractivity contribution is -0.131. The zero-order valence-corrected chi connectivity index (χ0v) is 10.3. The molecule has 0 bridgehead atoms. The lowest BCUT2D eigenvalue weighted by Crippen LogP contribution is -2.49. The predicted molar refractivity (Wildman–Crippen MR) is 60.2 cm³/mol. The van der Waals surface area contributed by atoms with E-state index >= 15 is 0 Å². The summed E-state index contributed by atoms with van der Waals surface area (Å²) in [5.41, 5.74) is 0. The Hall–Kier alpha value is -1.88. The van der Waals surface area contributed by atoms with Crippen LogP contribution in [0.5, 0.6) is 0 Å². The Morgan fingerprint density at radius 3 is 2.47 bits per heavy atom. The molecule has 0 saturated carbocycles. The van der Waals surface area contributed by atoms with Crippen LogP contribution in [0.4, 0.5) is 0 Å². The first-order chi connectivity index (χ1) is 7.71. The van der Waals surface area contributed by atoms with Gasteiger partial charge in [-0.2, -0.15) is 5.26 Å². The highest BCUT2D eigenvalue weighted by Crippen LogP contribution is 1.97. The number of carbonyl (C=O) groups is 2. The van der Waals surface area contributed by atoms with E-state index in [4.69, 9.17) is 5.26 Å². The van der Waals surface area contributed by atoms with E-state index in [2.05, 4.69) is 11.9 Å². The maximum Gasteiger partial charge on any atom is 0.258 e. The Bertz CT molecular complexity index is 463. The smallest absolute Gasteiger partial charge is 0.258 e. The number of amides is 2. The number of likely N-dealkylation sites (N-methyl/N-ethyl adjacent to an activating group) is 1. The fourth-order valence-electron chi connectivity index (χ4n) is 0.991. The highest BCUT2D eigenvalue weighted by Gasteiger charge is 2.27. The van der Waals surface area contributed by atoms with E-state index in [0.29, 0.717) is 4.90 Å². The largest absolute Gasteiger partial charge is 0.340 e. The van der Waals surface area contributed by atoms with Crippen LogP contribution >= 0.6 is 0 Å². The quantitative estimate of drug-likeness (QED) is 0.373. The maximum atomic E-state index is 11.6. The Morgan fingerprint density at radius 1 is 1.59 bits per heavy atom. The second-order valence-corrected chi connectivity index (χ2v) is 5.54. The third-order valence-corrected chi connectivity index (χ3v) is 2.69. The Kier molecular flexibility index (Phi) is 5.34. The SMILES string of the molecule is C=CC(=O)NC(CS(C)(=O)=O)C(=O)N(C)C#N. The normalized spacial score (nSPS) is 12.1. The Balaban J connectivity index is 4.99. The van der Waals surface area contributed by atoms with Gasteiger partial charge in [0.1, 0.15) is 15.9 Å². The average molecular weight is 259 g/mol. The van der Waals surface area contributed by atoms with E-state index in [0.717, 1.165) is 12.3 Å². The van der Waals surface area contributed by atoms with Crippen molar-refractivity contribution in [2.45, 2.75) is 6.04 Å². The molecular formula is C9H13N3O4S. The summed E-state index contributed by atoms with van der Waals surface area (Å²) in [5, 5.41) is 10.7. The third kappa shape index (κ3) is 5.67. The van der Waals surface area contributed by atoms with Gasteiger partial charge in [0.2, 0.25) is 5.91 Å². The van der Waals surface area contributed by atoms with Crippen LogP contribution in [0, 0.1) is 11.5 Å². The van der Waals surface area contributed by atoms with Crippen molar-refractivity contribution in [2.75, 3.05) is 19.1 Å². The van der Waals surface area contributed by atoms with Crippen molar-refractivity contribution >= 4 is 21.7 Å². The average Bonchev–Trinajstić information content (AvgIpc) is 2.23. The second kappa shape index (κ2) is 6.00. The molecule has 7 nitrogen and oxygen atoms in total. The number of carbonyl (C=O) groups excluding carboxylic acids is 2. The first-order valence-corrected chi connectivity index (χ1v) is 6.55. The molecule has 0 rings (SSSR count). The van der Waals surface area contributed by atoms with E-state index in [9.17, 15) is 18.0 Å². The number of nitriles is 1. The van der Waals surface area contributed by atoms with Crippen LogP contribution in [0.1, 0.15) is 0 Å². The van der Waals surface area contributed by atoms with Crippen LogP contribution in [0.3, 0.4) is 0 Å². The fourth-order valence-corrected chi connectivity index (χ4v) is 1.82. The summed E-state index contributed by atoms with van der Waals surface area (Å²) < 4.78 is 22.2. The summed E-state index contributed by atoms with van der Waals surface area (Å²) in [6.45, 7) is 3.18. The van der Waals surface area contributed by atoms with Crippen LogP contribution in [-0.2, 0) is 19.4 Å². The minimum atomic E-state index is -3.47. The summed E-state index contributed by atoms with van der Waals surface area (Å²) in [6, 6.07) is -1.29. The first kappa shape index (κ1) is 15.1. The lowest BCUT2D eigenvalue weighted by Gasteiger charge is -2.18. The van der Waals surface area contributed by atoms with E-state index in [1.165, 1.54) is 13.2 Å². The van der Waals surface area contributed by atoms with Crippen molar-refractivity contribution in [3.63, 3.8) is 0 Å². The van der Waals surface area contributed by atoms with Crippen molar-refractivity contribution < 1.29 is 18.0 Å². The van der Waals surface area contributed by atoms with Gasteiger partial charge in [0.25, 0.3) is 5.91 Å². The molecule has 0 aliphatic rings. The maximum absolute atomic E-state index is 11.6. The van der Waals surface area contributed by atoms with Gasteiger partial charge in [-0.1, -0.05) is 6.58 Å². The summed E-state index contributed by atoms with van der Waals surface area (Å²) in [5.74, 6) is -2.05. The van der Waals surface area contributed by atoms with E-state index in [1.807, 2.05) is 0 Å². The topological polar surface area (TPSA) is 107 Å². The number of nitrogens with zero attached hydrogens (tertiary/aromatic N) is 2. The van der Waals surface area contributed by atoms with Crippen LogP contribution in [0.2, 0.25) is 0 Å². The molecule has 0 aliphatic heterocycles. The molecule has 0 fully saturated rings. The van der Waals surface area contributed by atoms with Gasteiger partial charge < -0.3 is 5.32 Å². The Labute approximate surface area is 99.6 Å². The molecule has 0 spiro atoms.